The second-order valence-electron chi connectivity index (χ2n) is 10.4. The van der Waals surface area contributed by atoms with E-state index in [2.05, 4.69) is 5.32 Å². The molecule has 2 aliphatic rings. The lowest BCUT2D eigenvalue weighted by Crippen LogP contribution is -2.40. The Morgan fingerprint density at radius 1 is 0.946 bits per heavy atom. The predicted molar refractivity (Wildman–Crippen MR) is 137 cm³/mol. The van der Waals surface area contributed by atoms with E-state index in [1.54, 1.807) is 11.0 Å². The van der Waals surface area contributed by atoms with Gasteiger partial charge in [0.05, 0.1) is 29.4 Å². The van der Waals surface area contributed by atoms with Crippen molar-refractivity contribution in [3.8, 4) is 0 Å². The zero-order chi connectivity index (χ0) is 26.4. The van der Waals surface area contributed by atoms with Crippen LogP contribution in [0.1, 0.15) is 49.4 Å². The van der Waals surface area contributed by atoms with Gasteiger partial charge in [-0.2, -0.15) is 13.2 Å². The number of hydrogen-bond donors (Lipinski definition) is 1. The van der Waals surface area contributed by atoms with Gasteiger partial charge in [0.1, 0.15) is 0 Å². The fourth-order valence-corrected chi connectivity index (χ4v) is 5.29. The number of allylic oxidation sites excluding steroid dienone is 1. The van der Waals surface area contributed by atoms with Crippen molar-refractivity contribution in [2.45, 2.75) is 45.3 Å². The summed E-state index contributed by atoms with van der Waals surface area (Å²) >= 11 is 0. The van der Waals surface area contributed by atoms with Gasteiger partial charge < -0.3 is 5.32 Å². The number of amides is 1. The molecular formula is C30H27F3N2O2. The minimum absolute atomic E-state index is 0.0780. The molecule has 1 heterocycles. The molecule has 0 radical (unpaired) electrons. The Labute approximate surface area is 213 Å². The number of fused-ring (bicyclic) bond motifs is 1. The molecule has 0 bridgehead atoms. The zero-order valence-corrected chi connectivity index (χ0v) is 20.6. The fraction of sp³-hybridized carbons (Fsp3) is 0.267. The molecule has 1 atom stereocenters. The molecule has 1 aliphatic heterocycles. The summed E-state index contributed by atoms with van der Waals surface area (Å²) in [5.41, 5.74) is 2.56. The summed E-state index contributed by atoms with van der Waals surface area (Å²) in [6.07, 6.45) is -3.56. The number of anilines is 2. The van der Waals surface area contributed by atoms with E-state index in [-0.39, 0.29) is 29.9 Å². The average Bonchev–Trinajstić information content (AvgIpc) is 2.98. The van der Waals surface area contributed by atoms with Crippen molar-refractivity contribution in [3.63, 3.8) is 0 Å². The van der Waals surface area contributed by atoms with Crippen LogP contribution in [-0.2, 0) is 22.2 Å². The van der Waals surface area contributed by atoms with Crippen molar-refractivity contribution in [1.82, 2.24) is 0 Å². The number of para-hydroxylation sites is 2. The molecule has 0 saturated carbocycles. The highest BCUT2D eigenvalue weighted by Gasteiger charge is 2.43. The van der Waals surface area contributed by atoms with E-state index >= 15 is 0 Å². The lowest BCUT2D eigenvalue weighted by molar-refractivity contribution is -0.137. The third-order valence-corrected chi connectivity index (χ3v) is 6.92. The lowest BCUT2D eigenvalue weighted by atomic mass is 9.73. The molecule has 190 valence electrons. The highest BCUT2D eigenvalue weighted by molar-refractivity contribution is 6.06. The van der Waals surface area contributed by atoms with Gasteiger partial charge in [0.25, 0.3) is 0 Å². The van der Waals surface area contributed by atoms with Gasteiger partial charge in [-0.25, -0.2) is 0 Å². The Morgan fingerprint density at radius 3 is 2.27 bits per heavy atom. The van der Waals surface area contributed by atoms with Gasteiger partial charge in [0.2, 0.25) is 5.91 Å². The van der Waals surface area contributed by atoms with E-state index in [1.165, 1.54) is 12.1 Å². The van der Waals surface area contributed by atoms with Gasteiger partial charge in [-0.15, -0.1) is 0 Å². The molecule has 3 aromatic carbocycles. The minimum atomic E-state index is -4.49. The van der Waals surface area contributed by atoms with Crippen LogP contribution in [-0.4, -0.2) is 11.7 Å². The first-order valence-corrected chi connectivity index (χ1v) is 12.2. The number of benzene rings is 3. The first kappa shape index (κ1) is 24.8. The number of nitrogens with zero attached hydrogens (tertiary/aromatic N) is 1. The summed E-state index contributed by atoms with van der Waals surface area (Å²) < 4.78 is 40.0. The van der Waals surface area contributed by atoms with Crippen LogP contribution in [0.5, 0.6) is 0 Å². The summed E-state index contributed by atoms with van der Waals surface area (Å²) in [5.74, 6) is -0.370. The Morgan fingerprint density at radius 2 is 1.59 bits per heavy atom. The molecule has 1 amide bonds. The smallest absolute Gasteiger partial charge is 0.357 e. The summed E-state index contributed by atoms with van der Waals surface area (Å²) in [6.45, 7) is 4.03. The van der Waals surface area contributed by atoms with Crippen LogP contribution in [0.3, 0.4) is 0 Å². The number of carbonyl (C=O) groups excluding carboxylic acids is 2. The third-order valence-electron chi connectivity index (χ3n) is 6.92. The topological polar surface area (TPSA) is 49.4 Å². The Bertz CT molecular complexity index is 1380. The molecular weight excluding hydrogens is 477 g/mol. The molecule has 1 N–H and O–H groups in total. The monoisotopic (exact) mass is 504 g/mol. The first-order chi connectivity index (χ1) is 17.5. The van der Waals surface area contributed by atoms with Crippen molar-refractivity contribution in [2.75, 3.05) is 10.2 Å². The highest BCUT2D eigenvalue weighted by Crippen LogP contribution is 2.48. The zero-order valence-electron chi connectivity index (χ0n) is 20.6. The summed E-state index contributed by atoms with van der Waals surface area (Å²) in [4.78, 5) is 29.2. The van der Waals surface area contributed by atoms with Crippen molar-refractivity contribution in [2.24, 2.45) is 5.41 Å². The van der Waals surface area contributed by atoms with Crippen LogP contribution < -0.4 is 10.2 Å². The second-order valence-corrected chi connectivity index (χ2v) is 10.4. The molecule has 0 fully saturated rings. The van der Waals surface area contributed by atoms with E-state index in [9.17, 15) is 22.8 Å². The molecule has 4 nitrogen and oxygen atoms in total. The first-order valence-electron chi connectivity index (χ1n) is 12.2. The van der Waals surface area contributed by atoms with Crippen molar-refractivity contribution in [1.29, 1.82) is 0 Å². The molecule has 37 heavy (non-hydrogen) atoms. The van der Waals surface area contributed by atoms with Crippen LogP contribution >= 0.6 is 0 Å². The van der Waals surface area contributed by atoms with Gasteiger partial charge >= 0.3 is 6.18 Å². The molecule has 7 heteroatoms. The number of hydrogen-bond acceptors (Lipinski definition) is 3. The SMILES string of the molecule is CC1(C)CC(=O)C2=C(C1)Nc1ccccc1N(C(=O)Cc1ccccc1)[C@H]2c1ccc(C(F)(F)F)cc1. The number of rotatable bonds is 3. The molecule has 3 aromatic rings. The maximum Gasteiger partial charge on any atom is 0.416 e. The molecule has 0 aromatic heterocycles. The number of ketones is 1. The van der Waals surface area contributed by atoms with Crippen molar-refractivity contribution in [3.05, 3.63) is 107 Å². The van der Waals surface area contributed by atoms with Gasteiger partial charge in [0.15, 0.2) is 5.78 Å². The summed E-state index contributed by atoms with van der Waals surface area (Å²) in [5, 5.41) is 3.42. The Balaban J connectivity index is 1.71. The molecule has 0 unspecified atom stereocenters. The number of nitrogens with one attached hydrogen (secondary N) is 1. The predicted octanol–water partition coefficient (Wildman–Crippen LogP) is 7.09. The number of alkyl halides is 3. The largest absolute Gasteiger partial charge is 0.416 e. The van der Waals surface area contributed by atoms with Crippen molar-refractivity contribution < 1.29 is 22.8 Å². The van der Waals surface area contributed by atoms with Crippen LogP contribution in [0.2, 0.25) is 0 Å². The lowest BCUT2D eigenvalue weighted by Gasteiger charge is -2.37. The van der Waals surface area contributed by atoms with Gasteiger partial charge in [-0.3, -0.25) is 14.5 Å². The van der Waals surface area contributed by atoms with Crippen molar-refractivity contribution >= 4 is 23.1 Å². The van der Waals surface area contributed by atoms with E-state index in [4.69, 9.17) is 0 Å². The Kier molecular flexibility index (Phi) is 6.18. The second kappa shape index (κ2) is 9.21. The van der Waals surface area contributed by atoms with Crippen LogP contribution in [0.15, 0.2) is 90.1 Å². The quantitative estimate of drug-likeness (QED) is 0.414. The summed E-state index contributed by atoms with van der Waals surface area (Å²) in [7, 11) is 0. The number of halogens is 3. The molecule has 1 aliphatic carbocycles. The minimum Gasteiger partial charge on any atom is -0.357 e. The van der Waals surface area contributed by atoms with E-state index < -0.39 is 17.8 Å². The van der Waals surface area contributed by atoms with E-state index in [0.717, 1.165) is 17.7 Å². The molecule has 5 rings (SSSR count). The van der Waals surface area contributed by atoms with Gasteiger partial charge in [-0.1, -0.05) is 68.4 Å². The normalized spacial score (nSPS) is 19.0. The summed E-state index contributed by atoms with van der Waals surface area (Å²) in [6, 6.07) is 20.5. The van der Waals surface area contributed by atoms with Crippen LogP contribution in [0.25, 0.3) is 0 Å². The highest BCUT2D eigenvalue weighted by atomic mass is 19.4. The van der Waals surface area contributed by atoms with Gasteiger partial charge in [-0.05, 0) is 47.2 Å². The maximum atomic E-state index is 14.0. The maximum absolute atomic E-state index is 14.0. The van der Waals surface area contributed by atoms with E-state index in [0.29, 0.717) is 34.6 Å². The molecule has 0 spiro atoms. The standard InChI is InChI=1S/C30H27F3N2O2/c1-29(2)17-23-27(25(36)18-29)28(20-12-14-21(15-13-20)30(31,32)33)35(24-11-7-6-10-22(24)34-23)26(37)16-19-8-4-3-5-9-19/h3-15,28,34H,16-18H2,1-2H3/t28-/m0/s1. The van der Waals surface area contributed by atoms with Crippen LogP contribution in [0.4, 0.5) is 24.5 Å². The fourth-order valence-electron chi connectivity index (χ4n) is 5.29. The number of carbonyl (C=O) groups is 2. The van der Waals surface area contributed by atoms with E-state index in [1.807, 2.05) is 62.4 Å². The third kappa shape index (κ3) is 4.90. The van der Waals surface area contributed by atoms with Gasteiger partial charge in [0, 0.05) is 17.7 Å². The molecule has 0 saturated heterocycles. The average molecular weight is 505 g/mol. The van der Waals surface area contributed by atoms with Crippen LogP contribution in [0, 0.1) is 5.41 Å². The number of Topliss-reactive ketones (excluding diaryl/α,β-unsaturated/α-hetero) is 1. The Hall–Kier alpha value is -3.87.